The van der Waals surface area contributed by atoms with Gasteiger partial charge in [-0.25, -0.2) is 4.79 Å². The van der Waals surface area contributed by atoms with Gasteiger partial charge in [-0.15, -0.1) is 0 Å². The highest BCUT2D eigenvalue weighted by molar-refractivity contribution is 7.86. The number of methoxy groups -OCH3 is 1. The summed E-state index contributed by atoms with van der Waals surface area (Å²) in [7, 11) is -4.58. The fraction of sp³-hybridized carbons (Fsp3) is 0.400. The van der Waals surface area contributed by atoms with Crippen LogP contribution in [0.3, 0.4) is 0 Å². The number of hydrogen-bond acceptors (Lipinski definition) is 4. The lowest BCUT2D eigenvalue weighted by molar-refractivity contribution is -0.136. The van der Waals surface area contributed by atoms with Gasteiger partial charge in [-0.2, -0.15) is 21.6 Å². The fourth-order valence-corrected chi connectivity index (χ4v) is 0.0873. The van der Waals surface area contributed by atoms with Crippen molar-refractivity contribution in [3.63, 3.8) is 0 Å². The van der Waals surface area contributed by atoms with Gasteiger partial charge < -0.3 is 9.84 Å². The number of carboxylic acids is 1. The number of halogens is 3. The van der Waals surface area contributed by atoms with Gasteiger partial charge in [0.05, 0.1) is 7.11 Å². The van der Waals surface area contributed by atoms with Crippen molar-refractivity contribution in [1.29, 1.82) is 0 Å². The molecule has 0 aliphatic rings. The second-order valence-electron chi connectivity index (χ2n) is 1.85. The van der Waals surface area contributed by atoms with Gasteiger partial charge in [-0.1, -0.05) is 0 Å². The Balaban J connectivity index is 0. The zero-order valence-electron chi connectivity index (χ0n) is 7.28. The lowest BCUT2D eigenvalue weighted by atomic mass is 10.6. The maximum absolute atomic E-state index is 10.7. The number of alkyl halides is 3. The number of aliphatic carboxylic acids is 1. The van der Waals surface area contributed by atoms with Gasteiger partial charge in [0.1, 0.15) is 0 Å². The molecule has 0 spiro atoms. The molecule has 0 saturated heterocycles. The predicted octanol–water partition coefficient (Wildman–Crippen LogP) is 0.625. The first-order valence-corrected chi connectivity index (χ1v) is 4.37. The van der Waals surface area contributed by atoms with E-state index in [2.05, 4.69) is 11.3 Å². The minimum Gasteiger partial charge on any atom is -0.490 e. The average Bonchev–Trinajstić information content (AvgIpc) is 2.00. The Morgan fingerprint density at radius 2 is 1.67 bits per heavy atom. The van der Waals surface area contributed by atoms with Crippen molar-refractivity contribution in [1.82, 2.24) is 0 Å². The highest BCUT2D eigenvalue weighted by Gasteiger charge is 2.44. The molecular weight excluding hydrogens is 245 g/mol. The summed E-state index contributed by atoms with van der Waals surface area (Å²) in [6.07, 6.45) is 0. The first kappa shape index (κ1) is 16.2. The monoisotopic (exact) mass is 252 g/mol. The van der Waals surface area contributed by atoms with Crippen molar-refractivity contribution in [3.05, 3.63) is 12.3 Å². The zero-order valence-corrected chi connectivity index (χ0v) is 8.09. The molecule has 0 amide bonds. The van der Waals surface area contributed by atoms with E-state index in [1.54, 1.807) is 0 Å². The van der Waals surface area contributed by atoms with Gasteiger partial charge >= 0.3 is 21.6 Å². The molecule has 0 saturated carbocycles. The summed E-state index contributed by atoms with van der Waals surface area (Å²) in [5, 5.41) is 7.96. The highest BCUT2D eigenvalue weighted by atomic mass is 32.2. The van der Waals surface area contributed by atoms with Gasteiger partial charge in [-0.05, 0) is 6.58 Å². The van der Waals surface area contributed by atoms with Crippen molar-refractivity contribution in [2.24, 2.45) is 0 Å². The minimum absolute atomic E-state index is 0.236. The Kier molecular flexibility index (Phi) is 5.98. The van der Waals surface area contributed by atoms with E-state index < -0.39 is 21.6 Å². The number of carboxylic acid groups (broad SMARTS) is 1. The fourth-order valence-electron chi connectivity index (χ4n) is 0.0873. The number of carbonyl (C=O) groups is 1. The van der Waals surface area contributed by atoms with Crippen molar-refractivity contribution >= 4 is 16.1 Å². The molecule has 0 fully saturated rings. The lowest BCUT2D eigenvalue weighted by Crippen LogP contribution is -2.21. The molecule has 0 aliphatic heterocycles. The zero-order chi connectivity index (χ0) is 12.9. The first-order chi connectivity index (χ1) is 6.43. The summed E-state index contributed by atoms with van der Waals surface area (Å²) in [6.45, 7) is 3.05. The second kappa shape index (κ2) is 5.56. The van der Waals surface area contributed by atoms with Crippen molar-refractivity contribution in [2.45, 2.75) is 5.51 Å². The molecule has 0 aromatic carbocycles. The molecule has 0 heterocycles. The maximum atomic E-state index is 10.7. The largest absolute Gasteiger partial charge is 0.522 e. The predicted molar refractivity (Wildman–Crippen MR) is 41.4 cm³/mol. The van der Waals surface area contributed by atoms with Crippen LogP contribution >= 0.6 is 0 Å². The van der Waals surface area contributed by atoms with Crippen LogP contribution in [0, 0.1) is 0 Å². The minimum atomic E-state index is -5.84. The molecule has 2 N–H and O–H groups in total. The Labute approximate surface area is 82.7 Å². The number of ether oxygens (including phenoxy) is 1. The number of rotatable bonds is 2. The summed E-state index contributed by atoms with van der Waals surface area (Å²) in [4.78, 5) is 9.71. The van der Waals surface area contributed by atoms with Crippen LogP contribution in [0.2, 0.25) is 0 Å². The molecule has 0 rings (SSSR count). The third-order valence-electron chi connectivity index (χ3n) is 0.777. The van der Waals surface area contributed by atoms with Crippen molar-refractivity contribution in [3.8, 4) is 0 Å². The van der Waals surface area contributed by atoms with E-state index in [9.17, 15) is 18.0 Å². The number of hydrogen-bond donors (Lipinski definition) is 2. The van der Waals surface area contributed by atoms with Crippen LogP contribution in [0.25, 0.3) is 0 Å². The van der Waals surface area contributed by atoms with Gasteiger partial charge in [-0.3, -0.25) is 4.55 Å². The van der Waals surface area contributed by atoms with E-state index in [-0.39, 0.29) is 5.76 Å². The molecule has 10 heteroatoms. The van der Waals surface area contributed by atoms with Gasteiger partial charge in [0.15, 0.2) is 5.76 Å². The normalized spacial score (nSPS) is 11.0. The molecule has 0 unspecified atom stereocenters. The van der Waals surface area contributed by atoms with Crippen molar-refractivity contribution < 1.29 is 40.8 Å². The Morgan fingerprint density at radius 3 is 1.67 bits per heavy atom. The summed E-state index contributed by atoms with van der Waals surface area (Å²) < 4.78 is 61.8. The lowest BCUT2D eigenvalue weighted by Gasteiger charge is -1.97. The van der Waals surface area contributed by atoms with Crippen LogP contribution in [0.5, 0.6) is 0 Å². The van der Waals surface area contributed by atoms with E-state index in [1.807, 2.05) is 0 Å². The molecule has 0 aliphatic carbocycles. The van der Waals surface area contributed by atoms with E-state index in [4.69, 9.17) is 18.1 Å². The Hall–Kier alpha value is -1.29. The summed E-state index contributed by atoms with van der Waals surface area (Å²) >= 11 is 0. The molecule has 0 atom stereocenters. The first-order valence-electron chi connectivity index (χ1n) is 2.93. The van der Waals surface area contributed by atoms with Gasteiger partial charge in [0.25, 0.3) is 0 Å². The Bertz CT molecular complexity index is 329. The van der Waals surface area contributed by atoms with E-state index >= 15 is 0 Å². The van der Waals surface area contributed by atoms with Crippen LogP contribution in [-0.2, 0) is 19.6 Å². The third-order valence-corrected chi connectivity index (χ3v) is 1.36. The molecule has 0 aromatic heterocycles. The van der Waals surface area contributed by atoms with E-state index in [0.29, 0.717) is 0 Å². The quantitative estimate of drug-likeness (QED) is 0.323. The summed E-state index contributed by atoms with van der Waals surface area (Å²) in [6, 6.07) is 0. The smallest absolute Gasteiger partial charge is 0.490 e. The third kappa shape index (κ3) is 7.76. The van der Waals surface area contributed by atoms with Gasteiger partial charge in [0.2, 0.25) is 0 Å². The highest BCUT2D eigenvalue weighted by Crippen LogP contribution is 2.20. The van der Waals surface area contributed by atoms with Crippen LogP contribution in [0.4, 0.5) is 13.2 Å². The van der Waals surface area contributed by atoms with Crippen LogP contribution in [0.1, 0.15) is 0 Å². The van der Waals surface area contributed by atoms with Crippen LogP contribution < -0.4 is 0 Å². The molecular formula is C5H7F3O6S. The molecule has 6 nitrogen and oxygen atoms in total. The van der Waals surface area contributed by atoms with E-state index in [1.165, 1.54) is 7.11 Å². The summed E-state index contributed by atoms with van der Waals surface area (Å²) in [5.74, 6) is -1.36. The van der Waals surface area contributed by atoms with Crippen LogP contribution in [-0.4, -0.2) is 36.7 Å². The van der Waals surface area contributed by atoms with Crippen LogP contribution in [0.15, 0.2) is 12.3 Å². The van der Waals surface area contributed by atoms with Crippen molar-refractivity contribution in [2.75, 3.05) is 7.11 Å². The molecule has 0 aromatic rings. The van der Waals surface area contributed by atoms with E-state index in [0.717, 1.165) is 0 Å². The maximum Gasteiger partial charge on any atom is 0.522 e. The SMILES string of the molecule is C=C(OC)C(=O)O.O=S(=O)(O)C(F)(F)F. The molecule has 90 valence electrons. The molecule has 0 bridgehead atoms. The second-order valence-corrected chi connectivity index (χ2v) is 3.27. The standard InChI is InChI=1S/C4H6O3.CHF3O3S/c1-3(7-2)4(5)6;2-1(3,4)8(5,6)7/h1H2,2H3,(H,5,6);(H,5,6,7). The average molecular weight is 252 g/mol. The molecule has 0 radical (unpaired) electrons. The topological polar surface area (TPSA) is 101 Å². The Morgan fingerprint density at radius 1 is 1.40 bits per heavy atom. The molecule has 15 heavy (non-hydrogen) atoms. The van der Waals surface area contributed by atoms with Gasteiger partial charge in [0, 0.05) is 0 Å². The summed E-state index contributed by atoms with van der Waals surface area (Å²) in [5.41, 5.74) is -5.53.